The summed E-state index contributed by atoms with van der Waals surface area (Å²) in [4.78, 5) is 13.3. The summed E-state index contributed by atoms with van der Waals surface area (Å²) in [7, 11) is 0.799. The summed E-state index contributed by atoms with van der Waals surface area (Å²) < 4.78 is 65.8. The molecule has 4 heterocycles. The molecule has 0 aliphatic carbocycles. The number of fused-ring (bicyclic) bond motifs is 1. The van der Waals surface area contributed by atoms with Crippen molar-refractivity contribution in [2.75, 3.05) is 82.0 Å². The van der Waals surface area contributed by atoms with E-state index in [1.807, 2.05) is 32.4 Å². The first kappa shape index (κ1) is 34.3. The molecule has 260 valence electrons. The number of alkyl halides is 3. The number of aromatic nitrogens is 2. The molecule has 14 heteroatoms. The van der Waals surface area contributed by atoms with Gasteiger partial charge in [-0.2, -0.15) is 18.2 Å². The molecule has 2 N–H and O–H groups in total. The first-order valence-corrected chi connectivity index (χ1v) is 18.7. The molecule has 2 saturated heterocycles. The third kappa shape index (κ3) is 7.38. The molecule has 0 bridgehead atoms. The first-order chi connectivity index (χ1) is 23.0. The zero-order valence-corrected chi connectivity index (χ0v) is 29.0. The van der Waals surface area contributed by atoms with E-state index in [9.17, 15) is 13.2 Å². The van der Waals surface area contributed by atoms with E-state index in [4.69, 9.17) is 18.9 Å². The summed E-state index contributed by atoms with van der Waals surface area (Å²) in [5.41, 5.74) is 2.14. The SMILES string of the molecule is CCO[C@@H]1CCN(C2CCN(c3cc(OC)c(Nc4ncc(C(F)(F)F)c(Nc5ccc6c(c5P(C)C)OCCO6)n4)cc3C)CC2)C1. The van der Waals surface area contributed by atoms with Crippen molar-refractivity contribution in [2.45, 2.75) is 51.4 Å². The summed E-state index contributed by atoms with van der Waals surface area (Å²) in [6.45, 7) is 13.6. The highest BCUT2D eigenvalue weighted by Crippen LogP contribution is 2.43. The number of hydrogen-bond donors (Lipinski definition) is 2. The number of methoxy groups -OCH3 is 1. The summed E-state index contributed by atoms with van der Waals surface area (Å²) in [5, 5.41) is 6.84. The standard InChI is InChI=1S/C34H44F3N6O4P/c1-6-45-23-11-14-43(20-23)22-9-12-42(13-10-22)27-18-29(44-3)26(17-21(27)2)40-33-38-19-24(34(35,36)37)32(41-33)39-25-7-8-28-30(31(25)48(4)5)47-16-15-46-28/h7-8,17-19,22-23H,6,9-16,20H2,1-5H3,(H2,38,39,40,41)/t23-/m1/s1. The van der Waals surface area contributed by atoms with Crippen LogP contribution in [-0.2, 0) is 10.9 Å². The molecule has 0 radical (unpaired) electrons. The zero-order valence-electron chi connectivity index (χ0n) is 28.1. The van der Waals surface area contributed by atoms with Crippen LogP contribution in [0.15, 0.2) is 30.5 Å². The lowest BCUT2D eigenvalue weighted by atomic mass is 10.0. The fourth-order valence-electron chi connectivity index (χ4n) is 6.85. The average Bonchev–Trinajstić information content (AvgIpc) is 3.53. The van der Waals surface area contributed by atoms with Gasteiger partial charge in [0.1, 0.15) is 30.3 Å². The molecule has 0 amide bonds. The summed E-state index contributed by atoms with van der Waals surface area (Å²) in [6.07, 6.45) is -0.312. The van der Waals surface area contributed by atoms with E-state index in [1.54, 1.807) is 19.2 Å². The van der Waals surface area contributed by atoms with Crippen molar-refractivity contribution in [1.82, 2.24) is 14.9 Å². The first-order valence-electron chi connectivity index (χ1n) is 16.4. The van der Waals surface area contributed by atoms with E-state index in [2.05, 4.69) is 37.3 Å². The Hall–Kier alpha value is -3.54. The molecule has 3 aromatic rings. The topological polar surface area (TPSA) is 93.2 Å². The van der Waals surface area contributed by atoms with Crippen LogP contribution in [0.4, 0.5) is 42.0 Å². The van der Waals surface area contributed by atoms with Crippen LogP contribution in [0.25, 0.3) is 0 Å². The second-order valence-corrected chi connectivity index (χ2v) is 14.7. The van der Waals surface area contributed by atoms with E-state index in [0.29, 0.717) is 54.0 Å². The Morgan fingerprint density at radius 1 is 1.02 bits per heavy atom. The number of benzene rings is 2. The van der Waals surface area contributed by atoms with Crippen LogP contribution >= 0.6 is 7.92 Å². The van der Waals surface area contributed by atoms with Gasteiger partial charge in [-0.05, 0) is 70.2 Å². The molecule has 1 aromatic heterocycles. The minimum Gasteiger partial charge on any atom is -0.494 e. The van der Waals surface area contributed by atoms with E-state index < -0.39 is 19.7 Å². The van der Waals surface area contributed by atoms with E-state index in [0.717, 1.165) is 74.8 Å². The Morgan fingerprint density at radius 2 is 1.79 bits per heavy atom. The third-order valence-corrected chi connectivity index (χ3v) is 10.5. The molecular formula is C34H44F3N6O4P. The minimum atomic E-state index is -4.68. The number of aryl methyl sites for hydroxylation is 1. The van der Waals surface area contributed by atoms with Crippen molar-refractivity contribution in [2.24, 2.45) is 0 Å². The highest BCUT2D eigenvalue weighted by atomic mass is 31.1. The Bertz CT molecular complexity index is 1600. The number of rotatable bonds is 10. The van der Waals surface area contributed by atoms with Gasteiger partial charge in [0.05, 0.1) is 24.6 Å². The Kier molecular flexibility index (Phi) is 10.4. The van der Waals surface area contributed by atoms with Crippen LogP contribution in [0.2, 0.25) is 0 Å². The van der Waals surface area contributed by atoms with Crippen molar-refractivity contribution < 1.29 is 32.1 Å². The van der Waals surface area contributed by atoms with Crippen molar-refractivity contribution in [3.05, 3.63) is 41.6 Å². The predicted molar refractivity (Wildman–Crippen MR) is 184 cm³/mol. The van der Waals surface area contributed by atoms with E-state index in [-0.39, 0.29) is 11.8 Å². The fourth-order valence-corrected chi connectivity index (χ4v) is 8.05. The van der Waals surface area contributed by atoms with Crippen molar-refractivity contribution in [1.29, 1.82) is 0 Å². The van der Waals surface area contributed by atoms with Crippen LogP contribution in [0.1, 0.15) is 37.3 Å². The molecule has 6 rings (SSSR count). The highest BCUT2D eigenvalue weighted by Gasteiger charge is 2.36. The maximum atomic E-state index is 14.2. The molecule has 3 aliphatic heterocycles. The van der Waals surface area contributed by atoms with Gasteiger partial charge in [-0.15, -0.1) is 0 Å². The molecule has 0 saturated carbocycles. The van der Waals surface area contributed by atoms with Crippen molar-refractivity contribution in [3.8, 4) is 17.2 Å². The number of halogens is 3. The number of nitrogens with one attached hydrogen (secondary N) is 2. The van der Waals surface area contributed by atoms with Crippen LogP contribution in [-0.4, -0.2) is 93.5 Å². The van der Waals surface area contributed by atoms with Crippen LogP contribution < -0.4 is 35.0 Å². The van der Waals surface area contributed by atoms with Crippen molar-refractivity contribution in [3.63, 3.8) is 0 Å². The molecule has 2 aromatic carbocycles. The number of nitrogens with zero attached hydrogens (tertiary/aromatic N) is 4. The van der Waals surface area contributed by atoms with E-state index in [1.165, 1.54) is 0 Å². The number of likely N-dealkylation sites (tertiary alicyclic amines) is 1. The van der Waals surface area contributed by atoms with Crippen LogP contribution in [0.5, 0.6) is 17.2 Å². The van der Waals surface area contributed by atoms with Gasteiger partial charge in [0.25, 0.3) is 0 Å². The van der Waals surface area contributed by atoms with Crippen LogP contribution in [0.3, 0.4) is 0 Å². The van der Waals surface area contributed by atoms with Gasteiger partial charge in [0, 0.05) is 62.1 Å². The molecule has 10 nitrogen and oxygen atoms in total. The van der Waals surface area contributed by atoms with Crippen molar-refractivity contribution >= 4 is 42.1 Å². The largest absolute Gasteiger partial charge is 0.494 e. The average molecular weight is 689 g/mol. The van der Waals surface area contributed by atoms with Gasteiger partial charge < -0.3 is 34.5 Å². The highest BCUT2D eigenvalue weighted by molar-refractivity contribution is 7.64. The maximum Gasteiger partial charge on any atom is 0.421 e. The number of anilines is 5. The quantitative estimate of drug-likeness (QED) is 0.230. The molecule has 3 aliphatic rings. The molecule has 2 fully saturated rings. The zero-order chi connectivity index (χ0) is 34.0. The second kappa shape index (κ2) is 14.5. The smallest absolute Gasteiger partial charge is 0.421 e. The lowest BCUT2D eigenvalue weighted by Gasteiger charge is -2.38. The number of ether oxygens (including phenoxy) is 4. The monoisotopic (exact) mass is 688 g/mol. The normalized spacial score (nSPS) is 18.8. The van der Waals surface area contributed by atoms with Gasteiger partial charge >= 0.3 is 6.18 Å². The predicted octanol–water partition coefficient (Wildman–Crippen LogP) is 6.52. The van der Waals surface area contributed by atoms with Gasteiger partial charge in [-0.3, -0.25) is 4.90 Å². The van der Waals surface area contributed by atoms with Gasteiger partial charge in [-0.25, -0.2) is 4.98 Å². The Morgan fingerprint density at radius 3 is 2.50 bits per heavy atom. The molecule has 1 atom stereocenters. The fraction of sp³-hybridized carbons (Fsp3) is 0.529. The molecular weight excluding hydrogens is 644 g/mol. The Labute approximate surface area is 281 Å². The van der Waals surface area contributed by atoms with Crippen LogP contribution in [0, 0.1) is 6.92 Å². The number of hydrogen-bond acceptors (Lipinski definition) is 10. The summed E-state index contributed by atoms with van der Waals surface area (Å²) >= 11 is 0. The van der Waals surface area contributed by atoms with Gasteiger partial charge in [-0.1, -0.05) is 7.92 Å². The molecule has 48 heavy (non-hydrogen) atoms. The number of piperidine rings is 1. The summed E-state index contributed by atoms with van der Waals surface area (Å²) in [5.74, 6) is 1.32. The Balaban J connectivity index is 1.22. The van der Waals surface area contributed by atoms with Gasteiger partial charge in [0.15, 0.2) is 11.5 Å². The lowest BCUT2D eigenvalue weighted by molar-refractivity contribution is -0.137. The van der Waals surface area contributed by atoms with E-state index >= 15 is 0 Å². The summed E-state index contributed by atoms with van der Waals surface area (Å²) in [6, 6.07) is 7.87. The van der Waals surface area contributed by atoms with Gasteiger partial charge in [0.2, 0.25) is 5.95 Å². The molecule has 0 spiro atoms. The molecule has 0 unspecified atom stereocenters. The maximum absolute atomic E-state index is 14.2. The lowest BCUT2D eigenvalue weighted by Crippen LogP contribution is -2.44. The third-order valence-electron chi connectivity index (χ3n) is 9.14. The second-order valence-electron chi connectivity index (χ2n) is 12.5. The minimum absolute atomic E-state index is 0.00193.